The minimum Gasteiger partial charge on any atom is -0.368 e. The lowest BCUT2D eigenvalue weighted by atomic mass is 10.0. The molecule has 0 amide bonds. The summed E-state index contributed by atoms with van der Waals surface area (Å²) < 4.78 is 14.0. The maximum absolute atomic E-state index is 13.3. The van der Waals surface area contributed by atoms with Crippen molar-refractivity contribution < 1.29 is 4.39 Å². The summed E-state index contributed by atoms with van der Waals surface area (Å²) in [4.78, 5) is 2.25. The minimum atomic E-state index is -0.311. The topological polar surface area (TPSA) is 15.3 Å². The highest BCUT2D eigenvalue weighted by atomic mass is 79.9. The van der Waals surface area contributed by atoms with Crippen LogP contribution in [0.3, 0.4) is 0 Å². The summed E-state index contributed by atoms with van der Waals surface area (Å²) in [7, 11) is 0. The van der Waals surface area contributed by atoms with E-state index in [2.05, 4.69) is 40.0 Å². The van der Waals surface area contributed by atoms with Gasteiger partial charge >= 0.3 is 0 Å². The summed E-state index contributed by atoms with van der Waals surface area (Å²) in [6.45, 7) is 7.25. The second kappa shape index (κ2) is 6.42. The number of halogens is 3. The van der Waals surface area contributed by atoms with Crippen molar-refractivity contribution in [1.29, 1.82) is 0 Å². The average molecular weight is 350 g/mol. The molecule has 1 unspecified atom stereocenters. The molecule has 1 atom stereocenters. The van der Waals surface area contributed by atoms with E-state index < -0.39 is 0 Å². The Bertz CT molecular complexity index is 430. The molecule has 2 rings (SSSR count). The number of nitrogens with zero attached hydrogens (tertiary/aromatic N) is 1. The molecule has 0 radical (unpaired) electrons. The smallest absolute Gasteiger partial charge is 0.125 e. The first-order chi connectivity index (χ1) is 8.99. The third kappa shape index (κ3) is 3.61. The highest BCUT2D eigenvalue weighted by Crippen LogP contribution is 2.35. The van der Waals surface area contributed by atoms with Crippen LogP contribution in [0.1, 0.15) is 20.3 Å². The molecule has 1 saturated heterocycles. The standard InChI is InChI=1S/C14H19BrClFN2/c1-9(2)13-8-19(5-3-4-18-13)14-11(15)6-10(17)7-12(14)16/h6-7,9,13,18H,3-5,8H2,1-2H3. The number of nitrogens with one attached hydrogen (secondary N) is 1. The minimum absolute atomic E-state index is 0.311. The van der Waals surface area contributed by atoms with Crippen LogP contribution in [0.5, 0.6) is 0 Å². The van der Waals surface area contributed by atoms with Gasteiger partial charge < -0.3 is 10.2 Å². The predicted octanol–water partition coefficient (Wildman–Crippen LogP) is 4.07. The summed E-state index contributed by atoms with van der Waals surface area (Å²) in [6, 6.07) is 3.28. The molecular weight excluding hydrogens is 331 g/mol. The van der Waals surface area contributed by atoms with Crippen molar-refractivity contribution in [3.8, 4) is 0 Å². The molecular formula is C14H19BrClFN2. The van der Waals surface area contributed by atoms with Crippen LogP contribution in [-0.4, -0.2) is 25.7 Å². The summed E-state index contributed by atoms with van der Waals surface area (Å²) in [5.74, 6) is 0.243. The largest absolute Gasteiger partial charge is 0.368 e. The van der Waals surface area contributed by atoms with E-state index in [1.54, 1.807) is 0 Å². The normalized spacial score (nSPS) is 20.7. The van der Waals surface area contributed by atoms with Crippen LogP contribution in [0.15, 0.2) is 16.6 Å². The van der Waals surface area contributed by atoms with Gasteiger partial charge in [-0.1, -0.05) is 25.4 Å². The molecule has 1 aromatic carbocycles. The molecule has 1 aliphatic rings. The van der Waals surface area contributed by atoms with Crippen molar-refractivity contribution >= 4 is 33.2 Å². The molecule has 1 aliphatic heterocycles. The Morgan fingerprint density at radius 3 is 2.84 bits per heavy atom. The van der Waals surface area contributed by atoms with Gasteiger partial charge in [-0.15, -0.1) is 0 Å². The zero-order chi connectivity index (χ0) is 14.0. The van der Waals surface area contributed by atoms with Crippen molar-refractivity contribution in [3.63, 3.8) is 0 Å². The number of anilines is 1. The van der Waals surface area contributed by atoms with E-state index in [4.69, 9.17) is 11.6 Å². The Morgan fingerprint density at radius 1 is 1.47 bits per heavy atom. The fraction of sp³-hybridized carbons (Fsp3) is 0.571. The molecule has 1 N–H and O–H groups in total. The van der Waals surface area contributed by atoms with Gasteiger partial charge in [-0.25, -0.2) is 4.39 Å². The lowest BCUT2D eigenvalue weighted by molar-refractivity contribution is 0.420. The van der Waals surface area contributed by atoms with Gasteiger partial charge in [-0.2, -0.15) is 0 Å². The van der Waals surface area contributed by atoms with Crippen LogP contribution in [0.25, 0.3) is 0 Å². The second-order valence-corrected chi connectivity index (χ2v) is 6.58. The molecule has 0 saturated carbocycles. The van der Waals surface area contributed by atoms with Crippen LogP contribution in [-0.2, 0) is 0 Å². The second-order valence-electron chi connectivity index (χ2n) is 5.32. The third-order valence-electron chi connectivity index (χ3n) is 3.53. The fourth-order valence-electron chi connectivity index (χ4n) is 2.44. The number of rotatable bonds is 2. The first-order valence-corrected chi connectivity index (χ1v) is 7.79. The lowest BCUT2D eigenvalue weighted by Crippen LogP contribution is -2.41. The Balaban J connectivity index is 2.29. The van der Waals surface area contributed by atoms with Crippen LogP contribution < -0.4 is 10.2 Å². The van der Waals surface area contributed by atoms with Gasteiger partial charge in [0, 0.05) is 23.6 Å². The summed E-state index contributed by atoms with van der Waals surface area (Å²) in [5.41, 5.74) is 0.900. The van der Waals surface area contributed by atoms with E-state index in [0.29, 0.717) is 17.0 Å². The molecule has 2 nitrogen and oxygen atoms in total. The van der Waals surface area contributed by atoms with Crippen molar-refractivity contribution in [2.75, 3.05) is 24.5 Å². The van der Waals surface area contributed by atoms with E-state index >= 15 is 0 Å². The average Bonchev–Trinajstić information content (AvgIpc) is 2.53. The maximum atomic E-state index is 13.3. The highest BCUT2D eigenvalue weighted by Gasteiger charge is 2.23. The van der Waals surface area contributed by atoms with Gasteiger partial charge in [-0.05, 0) is 46.9 Å². The Kier molecular flexibility index (Phi) is 5.09. The number of benzene rings is 1. The van der Waals surface area contributed by atoms with Crippen molar-refractivity contribution in [1.82, 2.24) is 5.32 Å². The molecule has 19 heavy (non-hydrogen) atoms. The fourth-order valence-corrected chi connectivity index (χ4v) is 3.56. The van der Waals surface area contributed by atoms with E-state index in [9.17, 15) is 4.39 Å². The predicted molar refractivity (Wildman–Crippen MR) is 82.6 cm³/mol. The molecule has 1 fully saturated rings. The summed E-state index contributed by atoms with van der Waals surface area (Å²) in [6.07, 6.45) is 1.06. The Morgan fingerprint density at radius 2 is 2.21 bits per heavy atom. The van der Waals surface area contributed by atoms with E-state index in [-0.39, 0.29) is 5.82 Å². The van der Waals surface area contributed by atoms with Gasteiger partial charge in [0.25, 0.3) is 0 Å². The van der Waals surface area contributed by atoms with E-state index in [1.807, 2.05) is 0 Å². The first-order valence-electron chi connectivity index (χ1n) is 6.62. The lowest BCUT2D eigenvalue weighted by Gasteiger charge is -2.30. The molecule has 1 heterocycles. The highest BCUT2D eigenvalue weighted by molar-refractivity contribution is 9.10. The number of hydrogen-bond acceptors (Lipinski definition) is 2. The molecule has 1 aromatic rings. The Labute approximate surface area is 127 Å². The zero-order valence-electron chi connectivity index (χ0n) is 11.2. The van der Waals surface area contributed by atoms with Gasteiger partial charge in [0.05, 0.1) is 10.7 Å². The van der Waals surface area contributed by atoms with Crippen LogP contribution >= 0.6 is 27.5 Å². The Hall–Kier alpha value is -0.320. The van der Waals surface area contributed by atoms with Crippen molar-refractivity contribution in [3.05, 3.63) is 27.4 Å². The zero-order valence-corrected chi connectivity index (χ0v) is 13.6. The molecule has 106 valence electrons. The molecule has 0 aromatic heterocycles. The molecule has 0 spiro atoms. The quantitative estimate of drug-likeness (QED) is 0.866. The van der Waals surface area contributed by atoms with Gasteiger partial charge in [0.1, 0.15) is 5.82 Å². The van der Waals surface area contributed by atoms with Crippen molar-refractivity contribution in [2.24, 2.45) is 5.92 Å². The first kappa shape index (κ1) is 15.1. The van der Waals surface area contributed by atoms with Crippen molar-refractivity contribution in [2.45, 2.75) is 26.3 Å². The molecule has 0 aliphatic carbocycles. The SMILES string of the molecule is CC(C)C1CN(c2c(Cl)cc(F)cc2Br)CCCN1. The summed E-state index contributed by atoms with van der Waals surface area (Å²) >= 11 is 9.65. The summed E-state index contributed by atoms with van der Waals surface area (Å²) in [5, 5.41) is 4.03. The molecule has 0 bridgehead atoms. The van der Waals surface area contributed by atoms with Gasteiger partial charge in [-0.3, -0.25) is 0 Å². The van der Waals surface area contributed by atoms with Crippen LogP contribution in [0.4, 0.5) is 10.1 Å². The van der Waals surface area contributed by atoms with E-state index in [1.165, 1.54) is 12.1 Å². The number of hydrogen-bond donors (Lipinski definition) is 1. The third-order valence-corrected chi connectivity index (χ3v) is 4.42. The monoisotopic (exact) mass is 348 g/mol. The van der Waals surface area contributed by atoms with Crippen LogP contribution in [0, 0.1) is 11.7 Å². The molecule has 5 heteroatoms. The maximum Gasteiger partial charge on any atom is 0.125 e. The van der Waals surface area contributed by atoms with Crippen LogP contribution in [0.2, 0.25) is 5.02 Å². The van der Waals surface area contributed by atoms with E-state index in [0.717, 1.165) is 36.2 Å². The van der Waals surface area contributed by atoms with Gasteiger partial charge in [0.15, 0.2) is 0 Å². The van der Waals surface area contributed by atoms with Gasteiger partial charge in [0.2, 0.25) is 0 Å².